The second-order valence-corrected chi connectivity index (χ2v) is 6.24. The van der Waals surface area contributed by atoms with Crippen LogP contribution in [-0.4, -0.2) is 5.11 Å². The maximum absolute atomic E-state index is 10.7. The molecule has 2 unspecified atom stereocenters. The lowest BCUT2D eigenvalue weighted by molar-refractivity contribution is 0.0305. The standard InChI is InChI=1S/C15H26OS/c1-5-7-8-13(6-2)11-15(4,16)14-12(3)9-10-17-14/h9-10,13,16H,5-8,11H2,1-4H3. The van der Waals surface area contributed by atoms with Gasteiger partial charge >= 0.3 is 0 Å². The fraction of sp³-hybridized carbons (Fsp3) is 0.733. The van der Waals surface area contributed by atoms with Crippen LogP contribution in [0.5, 0.6) is 0 Å². The normalized spacial score (nSPS) is 16.8. The third-order valence-electron chi connectivity index (χ3n) is 3.58. The monoisotopic (exact) mass is 254 g/mol. The topological polar surface area (TPSA) is 20.2 Å². The molecule has 0 aromatic carbocycles. The van der Waals surface area contributed by atoms with E-state index in [1.807, 2.05) is 6.92 Å². The van der Waals surface area contributed by atoms with E-state index >= 15 is 0 Å². The van der Waals surface area contributed by atoms with Gasteiger partial charge in [-0.2, -0.15) is 0 Å². The zero-order valence-corrected chi connectivity index (χ0v) is 12.4. The van der Waals surface area contributed by atoms with Crippen LogP contribution < -0.4 is 0 Å². The number of aliphatic hydroxyl groups is 1. The van der Waals surface area contributed by atoms with Gasteiger partial charge in [-0.25, -0.2) is 0 Å². The summed E-state index contributed by atoms with van der Waals surface area (Å²) in [7, 11) is 0. The number of thiophene rings is 1. The van der Waals surface area contributed by atoms with Gasteiger partial charge in [0.25, 0.3) is 0 Å². The molecule has 98 valence electrons. The number of unbranched alkanes of at least 4 members (excludes halogenated alkanes) is 1. The van der Waals surface area contributed by atoms with Crippen molar-refractivity contribution in [2.24, 2.45) is 5.92 Å². The first kappa shape index (κ1) is 14.7. The van der Waals surface area contributed by atoms with Crippen molar-refractivity contribution in [1.82, 2.24) is 0 Å². The zero-order valence-electron chi connectivity index (χ0n) is 11.6. The molecule has 0 amide bonds. The Hall–Kier alpha value is -0.340. The Labute approximate surface area is 110 Å². The van der Waals surface area contributed by atoms with Crippen molar-refractivity contribution in [3.63, 3.8) is 0 Å². The summed E-state index contributed by atoms with van der Waals surface area (Å²) in [5.41, 5.74) is 0.581. The Morgan fingerprint density at radius 2 is 2.12 bits per heavy atom. The van der Waals surface area contributed by atoms with Crippen LogP contribution in [0.1, 0.15) is 63.3 Å². The van der Waals surface area contributed by atoms with Gasteiger partial charge in [-0.15, -0.1) is 11.3 Å². The smallest absolute Gasteiger partial charge is 0.0965 e. The van der Waals surface area contributed by atoms with Crippen LogP contribution in [0, 0.1) is 12.8 Å². The van der Waals surface area contributed by atoms with Gasteiger partial charge in [0.2, 0.25) is 0 Å². The Morgan fingerprint density at radius 1 is 1.41 bits per heavy atom. The minimum atomic E-state index is -0.646. The lowest BCUT2D eigenvalue weighted by Gasteiger charge is -2.28. The van der Waals surface area contributed by atoms with Gasteiger partial charge in [-0.3, -0.25) is 0 Å². The highest BCUT2D eigenvalue weighted by Gasteiger charge is 2.29. The van der Waals surface area contributed by atoms with Gasteiger partial charge in [0, 0.05) is 4.88 Å². The van der Waals surface area contributed by atoms with Gasteiger partial charge in [-0.05, 0) is 43.2 Å². The van der Waals surface area contributed by atoms with E-state index in [-0.39, 0.29) is 0 Å². The van der Waals surface area contributed by atoms with E-state index in [9.17, 15) is 5.11 Å². The summed E-state index contributed by atoms with van der Waals surface area (Å²) in [6, 6.07) is 2.10. The van der Waals surface area contributed by atoms with E-state index in [4.69, 9.17) is 0 Å². The lowest BCUT2D eigenvalue weighted by Crippen LogP contribution is -2.24. The van der Waals surface area contributed by atoms with E-state index in [0.717, 1.165) is 11.3 Å². The Kier molecular flexibility index (Phi) is 5.68. The van der Waals surface area contributed by atoms with E-state index in [1.165, 1.54) is 31.2 Å². The molecule has 1 N–H and O–H groups in total. The molecule has 1 heterocycles. The molecule has 0 aliphatic rings. The first-order valence-corrected chi connectivity index (χ1v) is 7.66. The molecular weight excluding hydrogens is 228 g/mol. The molecule has 0 bridgehead atoms. The van der Waals surface area contributed by atoms with Crippen LogP contribution in [0.4, 0.5) is 0 Å². The quantitative estimate of drug-likeness (QED) is 0.736. The molecule has 2 atom stereocenters. The van der Waals surface area contributed by atoms with Crippen LogP contribution in [-0.2, 0) is 5.60 Å². The Bertz CT molecular complexity index is 327. The Morgan fingerprint density at radius 3 is 2.59 bits per heavy atom. The predicted octanol–water partition coefficient (Wildman–Crippen LogP) is 4.87. The van der Waals surface area contributed by atoms with E-state index < -0.39 is 5.60 Å². The molecule has 17 heavy (non-hydrogen) atoms. The predicted molar refractivity (Wildman–Crippen MR) is 76.5 cm³/mol. The lowest BCUT2D eigenvalue weighted by atomic mass is 9.85. The first-order chi connectivity index (χ1) is 8.01. The summed E-state index contributed by atoms with van der Waals surface area (Å²) < 4.78 is 0. The number of hydrogen-bond acceptors (Lipinski definition) is 2. The van der Waals surface area contributed by atoms with Crippen LogP contribution in [0.2, 0.25) is 0 Å². The third-order valence-corrected chi connectivity index (χ3v) is 4.85. The van der Waals surface area contributed by atoms with Gasteiger partial charge in [0.1, 0.15) is 0 Å². The molecule has 1 rings (SSSR count). The maximum atomic E-state index is 10.7. The van der Waals surface area contributed by atoms with Crippen molar-refractivity contribution >= 4 is 11.3 Å². The van der Waals surface area contributed by atoms with Crippen LogP contribution in [0.3, 0.4) is 0 Å². The van der Waals surface area contributed by atoms with Crippen molar-refractivity contribution in [1.29, 1.82) is 0 Å². The van der Waals surface area contributed by atoms with Crippen molar-refractivity contribution in [3.05, 3.63) is 21.9 Å². The largest absolute Gasteiger partial charge is 0.385 e. The minimum absolute atomic E-state index is 0.645. The van der Waals surface area contributed by atoms with Gasteiger partial charge in [-0.1, -0.05) is 39.5 Å². The van der Waals surface area contributed by atoms with Crippen LogP contribution in [0.25, 0.3) is 0 Å². The first-order valence-electron chi connectivity index (χ1n) is 6.78. The molecular formula is C15H26OS. The molecule has 0 radical (unpaired) electrons. The second-order valence-electron chi connectivity index (χ2n) is 5.33. The number of hydrogen-bond donors (Lipinski definition) is 1. The highest BCUT2D eigenvalue weighted by atomic mass is 32.1. The number of aryl methyl sites for hydroxylation is 1. The summed E-state index contributed by atoms with van der Waals surface area (Å²) >= 11 is 1.68. The Balaban J connectivity index is 2.67. The fourth-order valence-corrected chi connectivity index (χ4v) is 3.52. The molecule has 0 aliphatic carbocycles. The average molecular weight is 254 g/mol. The third kappa shape index (κ3) is 4.11. The minimum Gasteiger partial charge on any atom is -0.385 e. The molecule has 0 aliphatic heterocycles. The molecule has 0 fully saturated rings. The SMILES string of the molecule is CCCCC(CC)CC(C)(O)c1sccc1C. The number of rotatable bonds is 7. The van der Waals surface area contributed by atoms with Crippen LogP contribution in [0.15, 0.2) is 11.4 Å². The van der Waals surface area contributed by atoms with Crippen molar-refractivity contribution in [3.8, 4) is 0 Å². The molecule has 0 saturated heterocycles. The fourth-order valence-electron chi connectivity index (χ4n) is 2.52. The maximum Gasteiger partial charge on any atom is 0.0965 e. The van der Waals surface area contributed by atoms with E-state index in [1.54, 1.807) is 11.3 Å². The van der Waals surface area contributed by atoms with Crippen LogP contribution >= 0.6 is 11.3 Å². The summed E-state index contributed by atoms with van der Waals surface area (Å²) in [5, 5.41) is 12.7. The van der Waals surface area contributed by atoms with Crippen molar-refractivity contribution < 1.29 is 5.11 Å². The molecule has 1 nitrogen and oxygen atoms in total. The van der Waals surface area contributed by atoms with E-state index in [0.29, 0.717) is 5.92 Å². The van der Waals surface area contributed by atoms with Crippen molar-refractivity contribution in [2.75, 3.05) is 0 Å². The highest BCUT2D eigenvalue weighted by Crippen LogP contribution is 2.36. The molecule has 0 spiro atoms. The zero-order chi connectivity index (χ0) is 12.9. The summed E-state index contributed by atoms with van der Waals surface area (Å²) in [5.74, 6) is 0.645. The summed E-state index contributed by atoms with van der Waals surface area (Å²) in [6.45, 7) is 8.53. The molecule has 2 heteroatoms. The second kappa shape index (κ2) is 6.55. The van der Waals surface area contributed by atoms with Gasteiger partial charge in [0.05, 0.1) is 5.60 Å². The average Bonchev–Trinajstić information content (AvgIpc) is 2.71. The molecule has 1 aromatic rings. The molecule has 0 saturated carbocycles. The summed E-state index contributed by atoms with van der Waals surface area (Å²) in [6.07, 6.45) is 5.83. The molecule has 1 aromatic heterocycles. The van der Waals surface area contributed by atoms with Crippen molar-refractivity contribution in [2.45, 2.75) is 65.4 Å². The summed E-state index contributed by atoms with van der Waals surface area (Å²) in [4.78, 5) is 1.15. The van der Waals surface area contributed by atoms with Gasteiger partial charge < -0.3 is 5.11 Å². The van der Waals surface area contributed by atoms with Gasteiger partial charge in [0.15, 0.2) is 0 Å². The van der Waals surface area contributed by atoms with E-state index in [2.05, 4.69) is 32.2 Å². The highest BCUT2D eigenvalue weighted by molar-refractivity contribution is 7.10.